The lowest BCUT2D eigenvalue weighted by Crippen LogP contribution is -2.21. The van der Waals surface area contributed by atoms with Crippen LogP contribution in [-0.4, -0.2) is 6.10 Å². The Kier molecular flexibility index (Phi) is 8.63. The van der Waals surface area contributed by atoms with Crippen molar-refractivity contribution in [3.8, 4) is 6.07 Å². The highest BCUT2D eigenvalue weighted by atomic mass is 16.5. The zero-order chi connectivity index (χ0) is 17.0. The van der Waals surface area contributed by atoms with Gasteiger partial charge in [0.15, 0.2) is 0 Å². The maximum atomic E-state index is 8.49. The maximum Gasteiger partial charge on any atom is 0.0908 e. The number of ether oxygens (including phenoxy) is 1. The summed E-state index contributed by atoms with van der Waals surface area (Å²) < 4.78 is 6.12. The Balaban J connectivity index is 1.63. The molecule has 0 saturated heterocycles. The summed E-state index contributed by atoms with van der Waals surface area (Å²) in [6, 6.07) is 11.0. The minimum Gasteiger partial charge on any atom is -0.374 e. The van der Waals surface area contributed by atoms with Gasteiger partial charge in [0.1, 0.15) is 0 Å². The standard InChI is InChI=1S/C22H31NO/c1-2-3-7-19-9-11-21(12-10-19)18-24-22-15-13-20(14-16-22)8-5-4-6-17-23/h4,6,9-12,20,22H,2-3,5,7-8,13-16,18H2,1H3/b6-4+. The molecule has 0 aromatic heterocycles. The van der Waals surface area contributed by atoms with Gasteiger partial charge in [-0.25, -0.2) is 0 Å². The third-order valence-electron chi connectivity index (χ3n) is 5.06. The van der Waals surface area contributed by atoms with Gasteiger partial charge < -0.3 is 4.74 Å². The van der Waals surface area contributed by atoms with Gasteiger partial charge in [0.2, 0.25) is 0 Å². The summed E-state index contributed by atoms with van der Waals surface area (Å²) in [6.07, 6.45) is 14.9. The summed E-state index contributed by atoms with van der Waals surface area (Å²) in [5, 5.41) is 8.49. The molecule has 0 bridgehead atoms. The van der Waals surface area contributed by atoms with Crippen molar-refractivity contribution >= 4 is 0 Å². The third kappa shape index (κ3) is 6.89. The summed E-state index contributed by atoms with van der Waals surface area (Å²) in [6.45, 7) is 2.98. The molecule has 0 radical (unpaired) electrons. The zero-order valence-corrected chi connectivity index (χ0v) is 15.0. The molecule has 1 saturated carbocycles. The predicted molar refractivity (Wildman–Crippen MR) is 99.6 cm³/mol. The van der Waals surface area contributed by atoms with E-state index in [1.54, 1.807) is 6.08 Å². The van der Waals surface area contributed by atoms with Crippen LogP contribution < -0.4 is 0 Å². The fourth-order valence-corrected chi connectivity index (χ4v) is 3.45. The van der Waals surface area contributed by atoms with Gasteiger partial charge in [-0.05, 0) is 68.4 Å². The number of hydrogen-bond donors (Lipinski definition) is 0. The van der Waals surface area contributed by atoms with Crippen molar-refractivity contribution in [2.75, 3.05) is 0 Å². The van der Waals surface area contributed by atoms with Crippen LogP contribution >= 0.6 is 0 Å². The molecule has 0 unspecified atom stereocenters. The normalized spacial score (nSPS) is 21.0. The summed E-state index contributed by atoms with van der Waals surface area (Å²) in [5.41, 5.74) is 2.73. The second-order valence-corrected chi connectivity index (χ2v) is 6.98. The first-order valence-electron chi connectivity index (χ1n) is 9.56. The van der Waals surface area contributed by atoms with Crippen LogP contribution in [-0.2, 0) is 17.8 Å². The first kappa shape index (κ1) is 18.7. The minimum absolute atomic E-state index is 0.427. The van der Waals surface area contributed by atoms with Crippen LogP contribution in [0.25, 0.3) is 0 Å². The summed E-state index contributed by atoms with van der Waals surface area (Å²) in [4.78, 5) is 0. The lowest BCUT2D eigenvalue weighted by molar-refractivity contribution is 0.00646. The molecule has 1 fully saturated rings. The van der Waals surface area contributed by atoms with Crippen molar-refractivity contribution in [2.45, 2.75) is 77.4 Å². The second kappa shape index (κ2) is 11.0. The molecule has 0 N–H and O–H groups in total. The summed E-state index contributed by atoms with van der Waals surface area (Å²) >= 11 is 0. The number of hydrogen-bond acceptors (Lipinski definition) is 2. The van der Waals surface area contributed by atoms with Gasteiger partial charge in [-0.15, -0.1) is 0 Å². The van der Waals surface area contributed by atoms with E-state index < -0.39 is 0 Å². The Morgan fingerprint density at radius 3 is 2.50 bits per heavy atom. The molecule has 0 aliphatic heterocycles. The van der Waals surface area contributed by atoms with Crippen molar-refractivity contribution in [3.63, 3.8) is 0 Å². The van der Waals surface area contributed by atoms with Gasteiger partial charge in [0.05, 0.1) is 18.8 Å². The molecule has 2 heteroatoms. The van der Waals surface area contributed by atoms with E-state index in [0.717, 1.165) is 18.9 Å². The molecule has 0 spiro atoms. The van der Waals surface area contributed by atoms with Crippen LogP contribution in [0, 0.1) is 17.2 Å². The molecular formula is C22H31NO. The predicted octanol–water partition coefficient (Wildman–Crippen LogP) is 5.96. The fraction of sp³-hybridized carbons (Fsp3) is 0.591. The highest BCUT2D eigenvalue weighted by Gasteiger charge is 2.21. The largest absolute Gasteiger partial charge is 0.374 e. The van der Waals surface area contributed by atoms with Crippen LogP contribution in [0.15, 0.2) is 36.4 Å². The van der Waals surface area contributed by atoms with Gasteiger partial charge in [0, 0.05) is 6.08 Å². The topological polar surface area (TPSA) is 33.0 Å². The molecule has 0 amide bonds. The number of rotatable bonds is 9. The Bertz CT molecular complexity index is 518. The number of unbranched alkanes of at least 4 members (excludes halogenated alkanes) is 1. The van der Waals surface area contributed by atoms with Gasteiger partial charge in [0.25, 0.3) is 0 Å². The average Bonchev–Trinajstić information content (AvgIpc) is 2.64. The number of benzene rings is 1. The van der Waals surface area contributed by atoms with Crippen LogP contribution in [0.1, 0.15) is 69.4 Å². The molecule has 1 aliphatic rings. The van der Waals surface area contributed by atoms with E-state index in [2.05, 4.69) is 37.3 Å². The lowest BCUT2D eigenvalue weighted by atomic mass is 9.84. The number of nitriles is 1. The molecule has 0 atom stereocenters. The van der Waals surface area contributed by atoms with E-state index in [0.29, 0.717) is 6.10 Å². The number of allylic oxidation sites excluding steroid dienone is 2. The monoisotopic (exact) mass is 325 g/mol. The van der Waals surface area contributed by atoms with E-state index in [1.165, 1.54) is 62.5 Å². The van der Waals surface area contributed by atoms with Crippen molar-refractivity contribution in [1.82, 2.24) is 0 Å². The first-order chi connectivity index (χ1) is 11.8. The summed E-state index contributed by atoms with van der Waals surface area (Å²) in [5.74, 6) is 0.811. The molecule has 24 heavy (non-hydrogen) atoms. The Morgan fingerprint density at radius 2 is 1.83 bits per heavy atom. The quantitative estimate of drug-likeness (QED) is 0.524. The van der Waals surface area contributed by atoms with Crippen LogP contribution in [0.2, 0.25) is 0 Å². The molecule has 1 aliphatic carbocycles. The SMILES string of the molecule is CCCCc1ccc(COC2CCC(CC/C=C/C#N)CC2)cc1. The van der Waals surface area contributed by atoms with Crippen molar-refractivity contribution < 1.29 is 4.74 Å². The molecule has 0 heterocycles. The first-order valence-corrected chi connectivity index (χ1v) is 9.56. The number of nitrogens with zero attached hydrogens (tertiary/aromatic N) is 1. The smallest absolute Gasteiger partial charge is 0.0908 e. The van der Waals surface area contributed by atoms with Gasteiger partial charge in [-0.1, -0.05) is 43.7 Å². The maximum absolute atomic E-state index is 8.49. The highest BCUT2D eigenvalue weighted by molar-refractivity contribution is 5.22. The van der Waals surface area contributed by atoms with Gasteiger partial charge >= 0.3 is 0 Å². The molecule has 1 aromatic carbocycles. The molecular weight excluding hydrogens is 294 g/mol. The molecule has 130 valence electrons. The Hall–Kier alpha value is -1.59. The number of aryl methyl sites for hydroxylation is 1. The van der Waals surface area contributed by atoms with Crippen LogP contribution in [0.4, 0.5) is 0 Å². The highest BCUT2D eigenvalue weighted by Crippen LogP contribution is 2.30. The Labute approximate surface area is 147 Å². The second-order valence-electron chi connectivity index (χ2n) is 6.98. The van der Waals surface area contributed by atoms with Crippen molar-refractivity contribution in [1.29, 1.82) is 5.26 Å². The zero-order valence-electron chi connectivity index (χ0n) is 15.0. The van der Waals surface area contributed by atoms with E-state index in [9.17, 15) is 0 Å². The fourth-order valence-electron chi connectivity index (χ4n) is 3.45. The van der Waals surface area contributed by atoms with Crippen molar-refractivity contribution in [2.24, 2.45) is 5.92 Å². The van der Waals surface area contributed by atoms with E-state index in [4.69, 9.17) is 10.00 Å². The average molecular weight is 325 g/mol. The summed E-state index contributed by atoms with van der Waals surface area (Å²) in [7, 11) is 0. The minimum atomic E-state index is 0.427. The van der Waals surface area contributed by atoms with E-state index >= 15 is 0 Å². The molecule has 2 rings (SSSR count). The Morgan fingerprint density at radius 1 is 1.12 bits per heavy atom. The van der Waals surface area contributed by atoms with Crippen LogP contribution in [0.5, 0.6) is 0 Å². The van der Waals surface area contributed by atoms with E-state index in [-0.39, 0.29) is 0 Å². The lowest BCUT2D eigenvalue weighted by Gasteiger charge is -2.28. The molecule has 2 nitrogen and oxygen atoms in total. The third-order valence-corrected chi connectivity index (χ3v) is 5.06. The van der Waals surface area contributed by atoms with E-state index in [1.807, 2.05) is 6.08 Å². The van der Waals surface area contributed by atoms with Gasteiger partial charge in [-0.3, -0.25) is 0 Å². The van der Waals surface area contributed by atoms with Crippen LogP contribution in [0.3, 0.4) is 0 Å². The van der Waals surface area contributed by atoms with Gasteiger partial charge in [-0.2, -0.15) is 5.26 Å². The van der Waals surface area contributed by atoms with Crippen molar-refractivity contribution in [3.05, 3.63) is 47.5 Å². The molecule has 1 aromatic rings.